The van der Waals surface area contributed by atoms with Crippen molar-refractivity contribution in [2.24, 2.45) is 0 Å². The minimum Gasteiger partial charge on any atom is -0.422 e. The molecule has 0 aliphatic carbocycles. The number of ketones is 1. The Morgan fingerprint density at radius 3 is 2.23 bits per heavy atom. The normalized spacial score (nSPS) is 10.7. The van der Waals surface area contributed by atoms with Crippen LogP contribution >= 0.6 is 0 Å². The van der Waals surface area contributed by atoms with E-state index in [1.807, 2.05) is 43.3 Å². The third kappa shape index (κ3) is 4.14. The van der Waals surface area contributed by atoms with Gasteiger partial charge in [0.1, 0.15) is 5.75 Å². The lowest BCUT2D eigenvalue weighted by Gasteiger charge is -2.09. The Kier molecular flexibility index (Phi) is 5.40. The first-order chi connectivity index (χ1) is 12.6. The Balaban J connectivity index is 1.80. The molecule has 0 N–H and O–H groups in total. The molecule has 0 radical (unpaired) electrons. The molecule has 0 amide bonds. The Morgan fingerprint density at radius 2 is 1.46 bits per heavy atom. The van der Waals surface area contributed by atoms with Gasteiger partial charge in [-0.15, -0.1) is 0 Å². The number of hydrogen-bond acceptors (Lipinski definition) is 3. The van der Waals surface area contributed by atoms with Gasteiger partial charge in [-0.3, -0.25) is 4.79 Å². The summed E-state index contributed by atoms with van der Waals surface area (Å²) in [6, 6.07) is 23.4. The van der Waals surface area contributed by atoms with Crippen molar-refractivity contribution in [3.63, 3.8) is 0 Å². The van der Waals surface area contributed by atoms with E-state index in [1.165, 1.54) is 6.08 Å². The minimum atomic E-state index is -0.418. The van der Waals surface area contributed by atoms with Crippen LogP contribution in [-0.2, 0) is 0 Å². The molecule has 3 nitrogen and oxygen atoms in total. The van der Waals surface area contributed by atoms with E-state index in [2.05, 4.69) is 0 Å². The van der Waals surface area contributed by atoms with Crippen LogP contribution < -0.4 is 4.74 Å². The molecule has 3 rings (SSSR count). The lowest BCUT2D eigenvalue weighted by molar-refractivity contribution is 0.0733. The predicted molar refractivity (Wildman–Crippen MR) is 102 cm³/mol. The smallest absolute Gasteiger partial charge is 0.343 e. The van der Waals surface area contributed by atoms with E-state index in [9.17, 15) is 9.59 Å². The maximum atomic E-state index is 12.4. The summed E-state index contributed by atoms with van der Waals surface area (Å²) in [4.78, 5) is 24.7. The topological polar surface area (TPSA) is 43.4 Å². The maximum Gasteiger partial charge on any atom is 0.343 e. The Bertz CT molecular complexity index is 956. The van der Waals surface area contributed by atoms with Gasteiger partial charge in [0.15, 0.2) is 5.78 Å². The summed E-state index contributed by atoms with van der Waals surface area (Å²) in [7, 11) is 0. The average Bonchev–Trinajstić information content (AvgIpc) is 2.68. The monoisotopic (exact) mass is 342 g/mol. The van der Waals surface area contributed by atoms with Crippen molar-refractivity contribution in [3.05, 3.63) is 107 Å². The number of rotatable bonds is 5. The third-order valence-electron chi connectivity index (χ3n) is 3.96. The molecule has 0 spiro atoms. The number of para-hydroxylation sites is 1. The first-order valence-electron chi connectivity index (χ1n) is 8.29. The standard InChI is InChI=1S/C23H18O3/c1-17-9-5-7-13-20(17)23(25)26-22-14-8-6-12-19(22)15-16-21(24)18-10-3-2-4-11-18/h2-16H,1H3/b16-15+. The van der Waals surface area contributed by atoms with E-state index in [-0.39, 0.29) is 5.78 Å². The van der Waals surface area contributed by atoms with Crippen molar-refractivity contribution in [1.29, 1.82) is 0 Å². The van der Waals surface area contributed by atoms with Gasteiger partial charge in [0.25, 0.3) is 0 Å². The zero-order valence-corrected chi connectivity index (χ0v) is 14.4. The van der Waals surface area contributed by atoms with Crippen LogP contribution in [0, 0.1) is 6.92 Å². The number of allylic oxidation sites excluding steroid dienone is 1. The fourth-order valence-corrected chi connectivity index (χ4v) is 2.53. The molecule has 0 heterocycles. The number of aryl methyl sites for hydroxylation is 1. The summed E-state index contributed by atoms with van der Waals surface area (Å²) >= 11 is 0. The second-order valence-corrected chi connectivity index (χ2v) is 5.81. The number of carbonyl (C=O) groups excluding carboxylic acids is 2. The minimum absolute atomic E-state index is 0.106. The molecule has 0 aromatic heterocycles. The molecule has 3 heteroatoms. The summed E-state index contributed by atoms with van der Waals surface area (Å²) < 4.78 is 5.55. The molecule has 0 aliphatic rings. The van der Waals surface area contributed by atoms with Crippen molar-refractivity contribution in [2.45, 2.75) is 6.92 Å². The molecule has 0 aliphatic heterocycles. The highest BCUT2D eigenvalue weighted by atomic mass is 16.5. The molecule has 0 unspecified atom stereocenters. The zero-order valence-electron chi connectivity index (χ0n) is 14.4. The number of benzene rings is 3. The molecule has 0 saturated heterocycles. The molecule has 128 valence electrons. The molecule has 3 aromatic rings. The van der Waals surface area contributed by atoms with Crippen LogP contribution in [0.5, 0.6) is 5.75 Å². The van der Waals surface area contributed by atoms with Gasteiger partial charge in [-0.25, -0.2) is 4.79 Å². The average molecular weight is 342 g/mol. The molecular formula is C23H18O3. The van der Waals surface area contributed by atoms with Gasteiger partial charge < -0.3 is 4.74 Å². The summed E-state index contributed by atoms with van der Waals surface area (Å²) in [5.74, 6) is -0.109. The van der Waals surface area contributed by atoms with Crippen molar-refractivity contribution < 1.29 is 14.3 Å². The molecule has 0 saturated carbocycles. The summed E-state index contributed by atoms with van der Waals surface area (Å²) in [6.07, 6.45) is 3.14. The van der Waals surface area contributed by atoms with Gasteiger partial charge in [0, 0.05) is 11.1 Å². The first-order valence-corrected chi connectivity index (χ1v) is 8.29. The maximum absolute atomic E-state index is 12.4. The fourth-order valence-electron chi connectivity index (χ4n) is 2.53. The van der Waals surface area contributed by atoms with E-state index in [4.69, 9.17) is 4.74 Å². The molecular weight excluding hydrogens is 324 g/mol. The van der Waals surface area contributed by atoms with Crippen LogP contribution in [0.2, 0.25) is 0 Å². The van der Waals surface area contributed by atoms with Crippen LogP contribution in [0.15, 0.2) is 84.9 Å². The zero-order chi connectivity index (χ0) is 18.4. The summed E-state index contributed by atoms with van der Waals surface area (Å²) in [5, 5.41) is 0. The Labute approximate surface area is 152 Å². The van der Waals surface area contributed by atoms with E-state index in [0.29, 0.717) is 22.4 Å². The van der Waals surface area contributed by atoms with Gasteiger partial charge in [-0.1, -0.05) is 66.7 Å². The highest BCUT2D eigenvalue weighted by molar-refractivity contribution is 6.07. The van der Waals surface area contributed by atoms with Crippen LogP contribution in [0.25, 0.3) is 6.08 Å². The highest BCUT2D eigenvalue weighted by Gasteiger charge is 2.12. The second kappa shape index (κ2) is 8.08. The van der Waals surface area contributed by atoms with Crippen molar-refractivity contribution in [3.8, 4) is 5.75 Å². The van der Waals surface area contributed by atoms with Crippen LogP contribution in [0.3, 0.4) is 0 Å². The van der Waals surface area contributed by atoms with Gasteiger partial charge in [-0.2, -0.15) is 0 Å². The molecule has 0 atom stereocenters. The lowest BCUT2D eigenvalue weighted by atomic mass is 10.1. The lowest BCUT2D eigenvalue weighted by Crippen LogP contribution is -2.10. The summed E-state index contributed by atoms with van der Waals surface area (Å²) in [6.45, 7) is 1.86. The molecule has 26 heavy (non-hydrogen) atoms. The third-order valence-corrected chi connectivity index (χ3v) is 3.96. The first kappa shape index (κ1) is 17.4. The second-order valence-electron chi connectivity index (χ2n) is 5.81. The van der Waals surface area contributed by atoms with E-state index in [0.717, 1.165) is 5.56 Å². The highest BCUT2D eigenvalue weighted by Crippen LogP contribution is 2.22. The van der Waals surface area contributed by atoms with Crippen LogP contribution in [0.1, 0.15) is 31.8 Å². The van der Waals surface area contributed by atoms with Crippen LogP contribution in [0.4, 0.5) is 0 Å². The van der Waals surface area contributed by atoms with Crippen molar-refractivity contribution >= 4 is 17.8 Å². The molecule has 3 aromatic carbocycles. The van der Waals surface area contributed by atoms with Gasteiger partial charge in [0.05, 0.1) is 5.56 Å². The number of esters is 1. The van der Waals surface area contributed by atoms with Crippen molar-refractivity contribution in [1.82, 2.24) is 0 Å². The molecule has 0 fully saturated rings. The SMILES string of the molecule is Cc1ccccc1C(=O)Oc1ccccc1/C=C/C(=O)c1ccccc1. The van der Waals surface area contributed by atoms with Crippen molar-refractivity contribution in [2.75, 3.05) is 0 Å². The Morgan fingerprint density at radius 1 is 0.808 bits per heavy atom. The number of carbonyl (C=O) groups is 2. The number of ether oxygens (including phenoxy) is 1. The van der Waals surface area contributed by atoms with E-state index < -0.39 is 5.97 Å². The fraction of sp³-hybridized carbons (Fsp3) is 0.0435. The predicted octanol–water partition coefficient (Wildman–Crippen LogP) is 5.11. The largest absolute Gasteiger partial charge is 0.422 e. The number of hydrogen-bond donors (Lipinski definition) is 0. The van der Waals surface area contributed by atoms with Gasteiger partial charge >= 0.3 is 5.97 Å². The quantitative estimate of drug-likeness (QED) is 0.280. The summed E-state index contributed by atoms with van der Waals surface area (Å²) in [5.41, 5.74) is 2.65. The molecule has 0 bridgehead atoms. The van der Waals surface area contributed by atoms with Crippen LogP contribution in [-0.4, -0.2) is 11.8 Å². The van der Waals surface area contributed by atoms with Gasteiger partial charge in [0.2, 0.25) is 0 Å². The Hall–Kier alpha value is -3.46. The van der Waals surface area contributed by atoms with E-state index in [1.54, 1.807) is 48.5 Å². The van der Waals surface area contributed by atoms with Gasteiger partial charge in [-0.05, 0) is 36.8 Å². The van der Waals surface area contributed by atoms with E-state index >= 15 is 0 Å².